The highest BCUT2D eigenvalue weighted by molar-refractivity contribution is 7.80. The standard InChI is InChI=1S/C12H15F3N2OS/c13-12(14,15)18-9-8-17(7-6-11(16)19)10-4-2-1-3-5-10/h1-5H,6-9H2,(H2,16,19). The summed E-state index contributed by atoms with van der Waals surface area (Å²) in [6.07, 6.45) is -4.16. The minimum Gasteiger partial charge on any atom is -0.393 e. The van der Waals surface area contributed by atoms with Crippen molar-refractivity contribution in [3.05, 3.63) is 30.3 Å². The molecular weight excluding hydrogens is 277 g/mol. The fourth-order valence-corrected chi connectivity index (χ4v) is 1.62. The molecule has 0 unspecified atom stereocenters. The quantitative estimate of drug-likeness (QED) is 0.784. The van der Waals surface area contributed by atoms with E-state index in [1.165, 1.54) is 0 Å². The zero-order valence-corrected chi connectivity index (χ0v) is 11.0. The van der Waals surface area contributed by atoms with Crippen molar-refractivity contribution in [2.45, 2.75) is 12.8 Å². The smallest absolute Gasteiger partial charge is 0.393 e. The topological polar surface area (TPSA) is 38.5 Å². The summed E-state index contributed by atoms with van der Waals surface area (Å²) >= 11 is 4.78. The molecule has 0 saturated heterocycles. The van der Waals surface area contributed by atoms with Gasteiger partial charge in [0.25, 0.3) is 0 Å². The van der Waals surface area contributed by atoms with Crippen LogP contribution in [0.25, 0.3) is 0 Å². The monoisotopic (exact) mass is 292 g/mol. The number of thiocarbonyl (C=S) groups is 1. The fraction of sp³-hybridized carbons (Fsp3) is 0.417. The summed E-state index contributed by atoms with van der Waals surface area (Å²) in [4.78, 5) is 2.09. The second kappa shape index (κ2) is 7.30. The lowest BCUT2D eigenvalue weighted by atomic mass is 10.2. The number of anilines is 1. The van der Waals surface area contributed by atoms with Crippen molar-refractivity contribution in [2.24, 2.45) is 5.73 Å². The van der Waals surface area contributed by atoms with Crippen molar-refractivity contribution in [3.8, 4) is 0 Å². The van der Waals surface area contributed by atoms with Gasteiger partial charge in [-0.05, 0) is 12.1 Å². The van der Waals surface area contributed by atoms with E-state index in [4.69, 9.17) is 18.0 Å². The number of ether oxygens (including phenoxy) is 1. The molecule has 2 N–H and O–H groups in total. The number of hydrogen-bond donors (Lipinski definition) is 1. The van der Waals surface area contributed by atoms with Gasteiger partial charge in [-0.1, -0.05) is 30.4 Å². The molecule has 1 aromatic carbocycles. The second-order valence-electron chi connectivity index (χ2n) is 3.83. The molecule has 1 aromatic rings. The number of halogens is 3. The lowest BCUT2D eigenvalue weighted by Gasteiger charge is -2.24. The van der Waals surface area contributed by atoms with E-state index < -0.39 is 13.0 Å². The maximum absolute atomic E-state index is 11.9. The van der Waals surface area contributed by atoms with E-state index >= 15 is 0 Å². The van der Waals surface area contributed by atoms with Crippen LogP contribution in [0.2, 0.25) is 0 Å². The Bertz CT molecular complexity index is 398. The van der Waals surface area contributed by atoms with Crippen LogP contribution in [0.4, 0.5) is 18.9 Å². The predicted octanol–water partition coefficient (Wildman–Crippen LogP) is 2.71. The maximum Gasteiger partial charge on any atom is 0.522 e. The Hall–Kier alpha value is -1.34. The van der Waals surface area contributed by atoms with Crippen molar-refractivity contribution in [2.75, 3.05) is 24.6 Å². The molecule has 0 amide bonds. The summed E-state index contributed by atoms with van der Waals surface area (Å²) in [5.74, 6) is 0. The maximum atomic E-state index is 11.9. The van der Waals surface area contributed by atoms with Gasteiger partial charge in [0.2, 0.25) is 0 Å². The predicted molar refractivity (Wildman–Crippen MR) is 72.1 cm³/mol. The molecule has 0 radical (unpaired) electrons. The summed E-state index contributed by atoms with van der Waals surface area (Å²) in [6, 6.07) is 9.09. The van der Waals surface area contributed by atoms with E-state index in [-0.39, 0.29) is 6.54 Å². The third kappa shape index (κ3) is 6.97. The van der Waals surface area contributed by atoms with Gasteiger partial charge in [-0.2, -0.15) is 0 Å². The first-order chi connectivity index (χ1) is 8.88. The lowest BCUT2D eigenvalue weighted by molar-refractivity contribution is -0.323. The third-order valence-electron chi connectivity index (χ3n) is 2.38. The highest BCUT2D eigenvalue weighted by Gasteiger charge is 2.28. The van der Waals surface area contributed by atoms with Crippen LogP contribution in [0.15, 0.2) is 30.3 Å². The molecule has 0 aromatic heterocycles. The summed E-state index contributed by atoms with van der Waals surface area (Å²) in [5.41, 5.74) is 6.22. The Kier molecular flexibility index (Phi) is 6.04. The van der Waals surface area contributed by atoms with Gasteiger partial charge in [-0.15, -0.1) is 13.2 Å². The van der Waals surface area contributed by atoms with Crippen LogP contribution < -0.4 is 10.6 Å². The van der Waals surface area contributed by atoms with Gasteiger partial charge >= 0.3 is 6.36 Å². The number of alkyl halides is 3. The molecule has 7 heteroatoms. The van der Waals surface area contributed by atoms with Crippen molar-refractivity contribution < 1.29 is 17.9 Å². The van der Waals surface area contributed by atoms with Crippen molar-refractivity contribution in [1.29, 1.82) is 0 Å². The second-order valence-corrected chi connectivity index (χ2v) is 4.36. The fourth-order valence-electron chi connectivity index (χ4n) is 1.53. The lowest BCUT2D eigenvalue weighted by Crippen LogP contribution is -2.32. The van der Waals surface area contributed by atoms with Crippen LogP contribution in [0.5, 0.6) is 0 Å². The molecule has 0 aliphatic rings. The van der Waals surface area contributed by atoms with Gasteiger partial charge in [-0.25, -0.2) is 0 Å². The van der Waals surface area contributed by atoms with E-state index in [9.17, 15) is 13.2 Å². The number of rotatable bonds is 7. The Balaban J connectivity index is 2.57. The highest BCUT2D eigenvalue weighted by atomic mass is 32.1. The molecule has 0 atom stereocenters. The van der Waals surface area contributed by atoms with E-state index in [1.54, 1.807) is 4.90 Å². The van der Waals surface area contributed by atoms with Gasteiger partial charge in [0.05, 0.1) is 11.6 Å². The number of nitrogens with zero attached hydrogens (tertiary/aromatic N) is 1. The van der Waals surface area contributed by atoms with Crippen molar-refractivity contribution >= 4 is 22.9 Å². The van der Waals surface area contributed by atoms with E-state index in [2.05, 4.69) is 4.74 Å². The minimum absolute atomic E-state index is 0.117. The van der Waals surface area contributed by atoms with Crippen LogP contribution in [0, 0.1) is 0 Å². The summed E-state index contributed by atoms with van der Waals surface area (Å²) < 4.78 is 39.6. The van der Waals surface area contributed by atoms with E-state index in [0.29, 0.717) is 18.0 Å². The first kappa shape index (κ1) is 15.7. The van der Waals surface area contributed by atoms with E-state index in [0.717, 1.165) is 5.69 Å². The molecule has 0 saturated carbocycles. The van der Waals surface area contributed by atoms with Crippen LogP contribution in [0.3, 0.4) is 0 Å². The third-order valence-corrected chi connectivity index (χ3v) is 2.58. The molecular formula is C12H15F3N2OS. The SMILES string of the molecule is NC(=S)CCN(CCOC(F)(F)F)c1ccccc1. The Morgan fingerprint density at radius 1 is 1.21 bits per heavy atom. The number of nitrogens with two attached hydrogens (primary N) is 1. The molecule has 0 heterocycles. The molecule has 0 fully saturated rings. The van der Waals surface area contributed by atoms with Gasteiger partial charge < -0.3 is 10.6 Å². The average Bonchev–Trinajstić information content (AvgIpc) is 2.33. The number of hydrogen-bond acceptors (Lipinski definition) is 3. The van der Waals surface area contributed by atoms with Crippen LogP contribution in [0.1, 0.15) is 6.42 Å². The molecule has 1 rings (SSSR count). The van der Waals surface area contributed by atoms with Crippen LogP contribution >= 0.6 is 12.2 Å². The summed E-state index contributed by atoms with van der Waals surface area (Å²) in [5, 5.41) is 0. The molecule has 3 nitrogen and oxygen atoms in total. The Morgan fingerprint density at radius 3 is 2.37 bits per heavy atom. The average molecular weight is 292 g/mol. The largest absolute Gasteiger partial charge is 0.522 e. The molecule has 106 valence electrons. The molecule has 0 bridgehead atoms. The molecule has 0 spiro atoms. The summed E-state index contributed by atoms with van der Waals surface area (Å²) in [7, 11) is 0. The van der Waals surface area contributed by atoms with Crippen molar-refractivity contribution in [1.82, 2.24) is 0 Å². The van der Waals surface area contributed by atoms with Gasteiger partial charge in [0.1, 0.15) is 0 Å². The molecule has 0 aliphatic carbocycles. The highest BCUT2D eigenvalue weighted by Crippen LogP contribution is 2.17. The zero-order valence-electron chi connectivity index (χ0n) is 10.2. The van der Waals surface area contributed by atoms with Crippen molar-refractivity contribution in [3.63, 3.8) is 0 Å². The van der Waals surface area contributed by atoms with Crippen LogP contribution in [-0.4, -0.2) is 31.0 Å². The minimum atomic E-state index is -4.61. The number of para-hydroxylation sites is 1. The first-order valence-corrected chi connectivity index (χ1v) is 6.08. The van der Waals surface area contributed by atoms with Crippen LogP contribution in [-0.2, 0) is 4.74 Å². The zero-order chi connectivity index (χ0) is 14.3. The Labute approximate surface area is 115 Å². The normalized spacial score (nSPS) is 11.3. The molecule has 0 aliphatic heterocycles. The first-order valence-electron chi connectivity index (χ1n) is 5.67. The Morgan fingerprint density at radius 2 is 1.84 bits per heavy atom. The van der Waals surface area contributed by atoms with Gasteiger partial charge in [0.15, 0.2) is 0 Å². The molecule has 19 heavy (non-hydrogen) atoms. The van der Waals surface area contributed by atoms with Gasteiger partial charge in [0, 0.05) is 25.2 Å². The number of benzene rings is 1. The summed E-state index contributed by atoms with van der Waals surface area (Å²) in [6.45, 7) is 0.141. The van der Waals surface area contributed by atoms with E-state index in [1.807, 2.05) is 30.3 Å². The van der Waals surface area contributed by atoms with Gasteiger partial charge in [-0.3, -0.25) is 4.74 Å².